The van der Waals surface area contributed by atoms with E-state index in [0.717, 1.165) is 25.5 Å². The van der Waals surface area contributed by atoms with Crippen LogP contribution in [0.2, 0.25) is 0 Å². The van der Waals surface area contributed by atoms with Gasteiger partial charge in [0.2, 0.25) is 0 Å². The fraction of sp³-hybridized carbons (Fsp3) is 0.600. The van der Waals surface area contributed by atoms with Gasteiger partial charge in [-0.15, -0.1) is 0 Å². The summed E-state index contributed by atoms with van der Waals surface area (Å²) in [7, 11) is 0. The number of alkyl halides is 3. The third-order valence-corrected chi connectivity index (χ3v) is 4.11. The minimum Gasteiger partial charge on any atom is -0.329 e. The standard InChI is InChI=1S/C15H21F3N2/c1-11-4-3-7-20(14(11)9-19)10-12-5-2-6-13(8-12)15(16,17)18/h2,5-6,8,11,14H,3-4,7,9-10,19H2,1H3. The zero-order valence-electron chi connectivity index (χ0n) is 11.7. The molecule has 0 amide bonds. The molecule has 1 heterocycles. The van der Waals surface area contributed by atoms with E-state index >= 15 is 0 Å². The van der Waals surface area contributed by atoms with Gasteiger partial charge in [-0.05, 0) is 36.9 Å². The molecule has 2 N–H and O–H groups in total. The van der Waals surface area contributed by atoms with E-state index in [4.69, 9.17) is 5.73 Å². The van der Waals surface area contributed by atoms with Crippen LogP contribution in [0.3, 0.4) is 0 Å². The zero-order valence-corrected chi connectivity index (χ0v) is 11.7. The quantitative estimate of drug-likeness (QED) is 0.924. The minimum atomic E-state index is -4.28. The van der Waals surface area contributed by atoms with Crippen LogP contribution in [0.25, 0.3) is 0 Å². The molecule has 0 bridgehead atoms. The van der Waals surface area contributed by atoms with Crippen molar-refractivity contribution in [3.05, 3.63) is 35.4 Å². The predicted octanol–water partition coefficient (Wildman–Crippen LogP) is 3.26. The third-order valence-electron chi connectivity index (χ3n) is 4.11. The summed E-state index contributed by atoms with van der Waals surface area (Å²) in [6, 6.07) is 5.85. The van der Waals surface area contributed by atoms with Crippen molar-refractivity contribution in [1.82, 2.24) is 4.90 Å². The lowest BCUT2D eigenvalue weighted by Crippen LogP contribution is -2.48. The molecular weight excluding hydrogens is 265 g/mol. The van der Waals surface area contributed by atoms with Gasteiger partial charge < -0.3 is 5.73 Å². The van der Waals surface area contributed by atoms with E-state index in [0.29, 0.717) is 24.6 Å². The molecular formula is C15H21F3N2. The second kappa shape index (κ2) is 6.14. The first-order valence-corrected chi connectivity index (χ1v) is 7.02. The molecule has 0 radical (unpaired) electrons. The van der Waals surface area contributed by atoms with Crippen molar-refractivity contribution >= 4 is 0 Å². The number of hydrogen-bond acceptors (Lipinski definition) is 2. The fourth-order valence-electron chi connectivity index (χ4n) is 2.99. The molecule has 0 aliphatic carbocycles. The van der Waals surface area contributed by atoms with Crippen molar-refractivity contribution in [3.8, 4) is 0 Å². The lowest BCUT2D eigenvalue weighted by Gasteiger charge is -2.39. The summed E-state index contributed by atoms with van der Waals surface area (Å²) in [4.78, 5) is 2.21. The summed E-state index contributed by atoms with van der Waals surface area (Å²) < 4.78 is 38.2. The number of likely N-dealkylation sites (tertiary alicyclic amines) is 1. The van der Waals surface area contributed by atoms with E-state index in [1.807, 2.05) is 0 Å². The lowest BCUT2D eigenvalue weighted by atomic mass is 9.90. The highest BCUT2D eigenvalue weighted by Gasteiger charge is 2.31. The summed E-state index contributed by atoms with van der Waals surface area (Å²) in [5.41, 5.74) is 5.94. The van der Waals surface area contributed by atoms with Crippen molar-refractivity contribution in [2.75, 3.05) is 13.1 Å². The number of halogens is 3. The molecule has 2 atom stereocenters. The Kier molecular flexibility index (Phi) is 4.70. The maximum absolute atomic E-state index is 12.7. The fourth-order valence-corrected chi connectivity index (χ4v) is 2.99. The van der Waals surface area contributed by atoms with E-state index in [-0.39, 0.29) is 6.04 Å². The number of benzene rings is 1. The maximum atomic E-state index is 12.7. The van der Waals surface area contributed by atoms with Crippen molar-refractivity contribution in [2.45, 2.75) is 38.5 Å². The van der Waals surface area contributed by atoms with Gasteiger partial charge in [0.15, 0.2) is 0 Å². The van der Waals surface area contributed by atoms with E-state index in [1.165, 1.54) is 12.1 Å². The predicted molar refractivity (Wildman–Crippen MR) is 73.1 cm³/mol. The van der Waals surface area contributed by atoms with Gasteiger partial charge in [0.25, 0.3) is 0 Å². The van der Waals surface area contributed by atoms with Crippen molar-refractivity contribution in [2.24, 2.45) is 11.7 Å². The van der Waals surface area contributed by atoms with Crippen molar-refractivity contribution in [3.63, 3.8) is 0 Å². The smallest absolute Gasteiger partial charge is 0.329 e. The molecule has 2 rings (SSSR count). The third kappa shape index (κ3) is 3.52. The summed E-state index contributed by atoms with van der Waals surface area (Å²) in [6.45, 7) is 4.16. The van der Waals surface area contributed by atoms with Crippen molar-refractivity contribution in [1.29, 1.82) is 0 Å². The maximum Gasteiger partial charge on any atom is 0.416 e. The topological polar surface area (TPSA) is 29.3 Å². The molecule has 1 aromatic rings. The highest BCUT2D eigenvalue weighted by Crippen LogP contribution is 2.30. The first-order chi connectivity index (χ1) is 9.41. The van der Waals surface area contributed by atoms with Crippen LogP contribution in [-0.4, -0.2) is 24.0 Å². The molecule has 0 saturated carbocycles. The van der Waals surface area contributed by atoms with Crippen LogP contribution in [0.15, 0.2) is 24.3 Å². The lowest BCUT2D eigenvalue weighted by molar-refractivity contribution is -0.137. The molecule has 1 aromatic carbocycles. The Bertz CT molecular complexity index is 445. The van der Waals surface area contributed by atoms with Crippen LogP contribution in [0.5, 0.6) is 0 Å². The second-order valence-corrected chi connectivity index (χ2v) is 5.59. The molecule has 2 nitrogen and oxygen atoms in total. The molecule has 1 fully saturated rings. The molecule has 0 aromatic heterocycles. The van der Waals surface area contributed by atoms with E-state index in [2.05, 4.69) is 11.8 Å². The Labute approximate surface area is 117 Å². The number of hydrogen-bond donors (Lipinski definition) is 1. The Hall–Kier alpha value is -1.07. The molecule has 5 heteroatoms. The summed E-state index contributed by atoms with van der Waals surface area (Å²) in [6.07, 6.45) is -2.06. The molecule has 112 valence electrons. The van der Waals surface area contributed by atoms with Gasteiger partial charge >= 0.3 is 6.18 Å². The molecule has 1 aliphatic heterocycles. The highest BCUT2D eigenvalue weighted by molar-refractivity contribution is 5.25. The molecule has 1 saturated heterocycles. The Morgan fingerprint density at radius 1 is 1.35 bits per heavy atom. The molecule has 2 unspecified atom stereocenters. The van der Waals surface area contributed by atoms with E-state index < -0.39 is 11.7 Å². The molecule has 20 heavy (non-hydrogen) atoms. The molecule has 1 aliphatic rings. The van der Waals surface area contributed by atoms with Crippen LogP contribution < -0.4 is 5.73 Å². The summed E-state index contributed by atoms with van der Waals surface area (Å²) >= 11 is 0. The first-order valence-electron chi connectivity index (χ1n) is 7.02. The van der Waals surface area contributed by atoms with Gasteiger partial charge in [-0.3, -0.25) is 4.90 Å². The van der Waals surface area contributed by atoms with Crippen molar-refractivity contribution < 1.29 is 13.2 Å². The average Bonchev–Trinajstić information content (AvgIpc) is 2.38. The normalized spacial score (nSPS) is 24.9. The second-order valence-electron chi connectivity index (χ2n) is 5.59. The SMILES string of the molecule is CC1CCCN(Cc2cccc(C(F)(F)F)c2)C1CN. The minimum absolute atomic E-state index is 0.262. The number of nitrogens with two attached hydrogens (primary N) is 1. The van der Waals surface area contributed by atoms with E-state index in [9.17, 15) is 13.2 Å². The van der Waals surface area contributed by atoms with Gasteiger partial charge in [0.05, 0.1) is 5.56 Å². The van der Waals surface area contributed by atoms with Gasteiger partial charge in [0, 0.05) is 19.1 Å². The Morgan fingerprint density at radius 2 is 2.10 bits per heavy atom. The largest absolute Gasteiger partial charge is 0.416 e. The number of nitrogens with zero attached hydrogens (tertiary/aromatic N) is 1. The zero-order chi connectivity index (χ0) is 14.8. The summed E-state index contributed by atoms with van der Waals surface area (Å²) in [5, 5.41) is 0. The number of piperidine rings is 1. The highest BCUT2D eigenvalue weighted by atomic mass is 19.4. The number of rotatable bonds is 3. The van der Waals surface area contributed by atoms with Crippen LogP contribution in [-0.2, 0) is 12.7 Å². The average molecular weight is 286 g/mol. The molecule has 0 spiro atoms. The van der Waals surface area contributed by atoms with Crippen LogP contribution in [0.1, 0.15) is 30.9 Å². The van der Waals surface area contributed by atoms with Gasteiger partial charge in [-0.1, -0.05) is 25.1 Å². The van der Waals surface area contributed by atoms with E-state index in [1.54, 1.807) is 6.07 Å². The van der Waals surface area contributed by atoms with Gasteiger partial charge in [-0.25, -0.2) is 0 Å². The monoisotopic (exact) mass is 286 g/mol. The Morgan fingerprint density at radius 3 is 2.75 bits per heavy atom. The Balaban J connectivity index is 2.13. The summed E-state index contributed by atoms with van der Waals surface area (Å²) in [5.74, 6) is 0.500. The first kappa shape index (κ1) is 15.3. The van der Waals surface area contributed by atoms with Gasteiger partial charge in [0.1, 0.15) is 0 Å². The van der Waals surface area contributed by atoms with Crippen LogP contribution in [0.4, 0.5) is 13.2 Å². The van der Waals surface area contributed by atoms with Crippen LogP contribution in [0, 0.1) is 5.92 Å². The van der Waals surface area contributed by atoms with Gasteiger partial charge in [-0.2, -0.15) is 13.2 Å². The van der Waals surface area contributed by atoms with Crippen LogP contribution >= 0.6 is 0 Å².